The largest absolute Gasteiger partial charge is 0.481 e. The minimum Gasteiger partial charge on any atom is -0.481 e. The molecule has 5 rings (SSSR count). The van der Waals surface area contributed by atoms with E-state index in [0.29, 0.717) is 31.0 Å². The number of carboxylic acids is 1. The third-order valence-corrected chi connectivity index (χ3v) is 5.06. The van der Waals surface area contributed by atoms with E-state index in [0.717, 1.165) is 12.8 Å². The van der Waals surface area contributed by atoms with Gasteiger partial charge in [0.1, 0.15) is 11.5 Å². The molecule has 21 heavy (non-hydrogen) atoms. The molecule has 0 saturated heterocycles. The van der Waals surface area contributed by atoms with Crippen LogP contribution in [0.15, 0.2) is 6.20 Å². The highest BCUT2D eigenvalue weighted by Crippen LogP contribution is 2.67. The highest BCUT2D eigenvalue weighted by atomic mass is 35.5. The zero-order valence-corrected chi connectivity index (χ0v) is 12.0. The van der Waals surface area contributed by atoms with Crippen LogP contribution in [0.2, 0.25) is 5.02 Å². The Morgan fingerprint density at radius 1 is 1.33 bits per heavy atom. The minimum absolute atomic E-state index is 0.197. The third-order valence-electron chi connectivity index (χ3n) is 4.78. The SMILES string of the molecule is O=C(NC12CC(C(=O)O)(C1)C2)c1nc(C2CC2)ncc1Cl. The average molecular weight is 308 g/mol. The summed E-state index contributed by atoms with van der Waals surface area (Å²) in [5.74, 6) is -0.0825. The number of aromatic nitrogens is 2. The Hall–Kier alpha value is -1.69. The van der Waals surface area contributed by atoms with E-state index in [1.54, 1.807) is 0 Å². The molecule has 4 aliphatic carbocycles. The first kappa shape index (κ1) is 13.0. The second-order valence-electron chi connectivity index (χ2n) is 6.55. The number of nitrogens with zero attached hydrogens (tertiary/aromatic N) is 2. The Morgan fingerprint density at radius 2 is 2.00 bits per heavy atom. The molecule has 1 heterocycles. The fourth-order valence-corrected chi connectivity index (χ4v) is 3.70. The monoisotopic (exact) mass is 307 g/mol. The van der Waals surface area contributed by atoms with Crippen LogP contribution in [0.4, 0.5) is 0 Å². The van der Waals surface area contributed by atoms with Gasteiger partial charge in [0.25, 0.3) is 5.91 Å². The van der Waals surface area contributed by atoms with Gasteiger partial charge in [-0.25, -0.2) is 9.97 Å². The van der Waals surface area contributed by atoms with Crippen LogP contribution in [0.3, 0.4) is 0 Å². The Morgan fingerprint density at radius 3 is 2.57 bits per heavy atom. The highest BCUT2D eigenvalue weighted by Gasteiger charge is 2.72. The number of hydrogen-bond donors (Lipinski definition) is 2. The average Bonchev–Trinajstić information content (AvgIpc) is 3.15. The molecule has 0 unspecified atom stereocenters. The number of carboxylic acid groups (broad SMARTS) is 1. The summed E-state index contributed by atoms with van der Waals surface area (Å²) in [5.41, 5.74) is -0.784. The third kappa shape index (κ3) is 1.85. The maximum atomic E-state index is 12.3. The molecule has 4 fully saturated rings. The van der Waals surface area contributed by atoms with Crippen LogP contribution in [0.25, 0.3) is 0 Å². The first-order chi connectivity index (χ1) is 9.93. The lowest BCUT2D eigenvalue weighted by Crippen LogP contribution is -2.77. The number of carbonyl (C=O) groups is 2. The summed E-state index contributed by atoms with van der Waals surface area (Å²) < 4.78 is 0. The van der Waals surface area contributed by atoms with Crippen molar-refractivity contribution in [1.82, 2.24) is 15.3 Å². The molecule has 0 aromatic carbocycles. The van der Waals surface area contributed by atoms with Crippen molar-refractivity contribution in [2.45, 2.75) is 43.6 Å². The molecule has 0 atom stereocenters. The van der Waals surface area contributed by atoms with Crippen molar-refractivity contribution in [1.29, 1.82) is 0 Å². The second-order valence-corrected chi connectivity index (χ2v) is 6.96. The van der Waals surface area contributed by atoms with E-state index in [4.69, 9.17) is 16.7 Å². The molecule has 0 radical (unpaired) electrons. The van der Waals surface area contributed by atoms with Crippen molar-refractivity contribution >= 4 is 23.5 Å². The fraction of sp³-hybridized carbons (Fsp3) is 0.571. The van der Waals surface area contributed by atoms with Crippen LogP contribution in [0, 0.1) is 5.41 Å². The Labute approximate surface area is 125 Å². The van der Waals surface area contributed by atoms with Crippen LogP contribution in [0.1, 0.15) is 54.3 Å². The van der Waals surface area contributed by atoms with Gasteiger partial charge in [0.15, 0.2) is 0 Å². The van der Waals surface area contributed by atoms with Gasteiger partial charge in [-0.05, 0) is 32.1 Å². The summed E-state index contributed by atoms with van der Waals surface area (Å²) in [6.07, 6.45) is 5.07. The summed E-state index contributed by atoms with van der Waals surface area (Å²) in [6, 6.07) is 0. The van der Waals surface area contributed by atoms with Crippen LogP contribution in [-0.4, -0.2) is 32.5 Å². The predicted octanol–water partition coefficient (Wildman–Crippen LogP) is 1.74. The van der Waals surface area contributed by atoms with Gasteiger partial charge >= 0.3 is 5.97 Å². The molecule has 6 nitrogen and oxygen atoms in total. The second kappa shape index (κ2) is 3.94. The maximum absolute atomic E-state index is 12.3. The van der Waals surface area contributed by atoms with Gasteiger partial charge in [0.2, 0.25) is 0 Å². The van der Waals surface area contributed by atoms with Crippen LogP contribution in [-0.2, 0) is 4.79 Å². The maximum Gasteiger partial charge on any atom is 0.309 e. The Kier molecular flexibility index (Phi) is 2.44. The van der Waals surface area contributed by atoms with Gasteiger partial charge in [-0.15, -0.1) is 0 Å². The smallest absolute Gasteiger partial charge is 0.309 e. The van der Waals surface area contributed by atoms with Gasteiger partial charge in [0.05, 0.1) is 16.6 Å². The summed E-state index contributed by atoms with van der Waals surface area (Å²) in [7, 11) is 0. The normalized spacial score (nSPS) is 32.8. The molecule has 1 aromatic heterocycles. The molecule has 4 saturated carbocycles. The molecular weight excluding hydrogens is 294 g/mol. The number of rotatable bonds is 4. The topological polar surface area (TPSA) is 92.2 Å². The number of aliphatic carboxylic acids is 1. The predicted molar refractivity (Wildman–Crippen MR) is 73.1 cm³/mol. The van der Waals surface area contributed by atoms with E-state index in [2.05, 4.69) is 15.3 Å². The molecule has 110 valence electrons. The number of hydrogen-bond acceptors (Lipinski definition) is 4. The molecule has 0 aliphatic heterocycles. The Balaban J connectivity index is 1.49. The quantitative estimate of drug-likeness (QED) is 0.884. The fourth-order valence-electron chi connectivity index (χ4n) is 3.53. The van der Waals surface area contributed by atoms with Crippen molar-refractivity contribution in [3.63, 3.8) is 0 Å². The van der Waals surface area contributed by atoms with Crippen molar-refractivity contribution in [3.05, 3.63) is 22.7 Å². The van der Waals surface area contributed by atoms with E-state index in [-0.39, 0.29) is 22.2 Å². The zero-order chi connectivity index (χ0) is 14.8. The van der Waals surface area contributed by atoms with Gasteiger partial charge in [0, 0.05) is 11.5 Å². The lowest BCUT2D eigenvalue weighted by atomic mass is 9.39. The van der Waals surface area contributed by atoms with Crippen molar-refractivity contribution in [2.24, 2.45) is 5.41 Å². The summed E-state index contributed by atoms with van der Waals surface area (Å²) >= 11 is 6.02. The molecule has 4 aliphatic rings. The summed E-state index contributed by atoms with van der Waals surface area (Å²) in [6.45, 7) is 0. The van der Waals surface area contributed by atoms with E-state index < -0.39 is 11.4 Å². The number of halogens is 1. The van der Waals surface area contributed by atoms with E-state index in [1.165, 1.54) is 6.20 Å². The summed E-state index contributed by atoms with van der Waals surface area (Å²) in [5, 5.41) is 12.2. The molecule has 1 amide bonds. The first-order valence-corrected chi connectivity index (χ1v) is 7.39. The summed E-state index contributed by atoms with van der Waals surface area (Å²) in [4.78, 5) is 31.8. The number of amides is 1. The minimum atomic E-state index is -0.769. The highest BCUT2D eigenvalue weighted by molar-refractivity contribution is 6.33. The zero-order valence-electron chi connectivity index (χ0n) is 11.2. The lowest BCUT2D eigenvalue weighted by Gasteiger charge is -2.67. The van der Waals surface area contributed by atoms with Crippen LogP contribution >= 0.6 is 11.6 Å². The van der Waals surface area contributed by atoms with E-state index >= 15 is 0 Å². The van der Waals surface area contributed by atoms with E-state index in [1.807, 2.05) is 0 Å². The van der Waals surface area contributed by atoms with Crippen LogP contribution in [0.5, 0.6) is 0 Å². The molecule has 7 heteroatoms. The van der Waals surface area contributed by atoms with Crippen molar-refractivity contribution < 1.29 is 14.7 Å². The van der Waals surface area contributed by atoms with Crippen LogP contribution < -0.4 is 5.32 Å². The Bertz CT molecular complexity index is 652. The van der Waals surface area contributed by atoms with Gasteiger partial charge < -0.3 is 10.4 Å². The van der Waals surface area contributed by atoms with Crippen molar-refractivity contribution in [3.8, 4) is 0 Å². The number of carbonyl (C=O) groups excluding carboxylic acids is 1. The standard InChI is InChI=1S/C14H14ClN3O3/c15-8-3-16-10(7-1-2-7)17-9(8)11(19)18-14-4-13(5-14,6-14)12(20)21/h3,7H,1-2,4-6H2,(H,18,19)(H,20,21). The molecule has 0 spiro atoms. The first-order valence-electron chi connectivity index (χ1n) is 7.02. The molecule has 2 N–H and O–H groups in total. The van der Waals surface area contributed by atoms with Gasteiger partial charge in [-0.2, -0.15) is 0 Å². The van der Waals surface area contributed by atoms with E-state index in [9.17, 15) is 9.59 Å². The van der Waals surface area contributed by atoms with Gasteiger partial charge in [-0.1, -0.05) is 11.6 Å². The number of nitrogens with one attached hydrogen (secondary N) is 1. The van der Waals surface area contributed by atoms with Gasteiger partial charge in [-0.3, -0.25) is 9.59 Å². The molecule has 1 aromatic rings. The lowest BCUT2D eigenvalue weighted by molar-refractivity contribution is -0.196. The molecule has 2 bridgehead atoms. The van der Waals surface area contributed by atoms with Crippen molar-refractivity contribution in [2.75, 3.05) is 0 Å². The molecular formula is C14H14ClN3O3.